The molecule has 0 unspecified atom stereocenters. The van der Waals surface area contributed by atoms with Crippen LogP contribution in [0.15, 0.2) is 24.4 Å². The summed E-state index contributed by atoms with van der Waals surface area (Å²) in [5.74, 6) is 5.31. The van der Waals surface area contributed by atoms with Crippen LogP contribution in [0.2, 0.25) is 0 Å². The maximum atomic E-state index is 5.63. The van der Waals surface area contributed by atoms with Crippen LogP contribution in [-0.2, 0) is 0 Å². The van der Waals surface area contributed by atoms with Gasteiger partial charge in [0.05, 0.1) is 17.4 Å². The van der Waals surface area contributed by atoms with E-state index in [1.165, 1.54) is 0 Å². The van der Waals surface area contributed by atoms with Crippen molar-refractivity contribution in [3.63, 3.8) is 0 Å². The normalized spacial score (nSPS) is 10.2. The van der Waals surface area contributed by atoms with Crippen molar-refractivity contribution in [3.05, 3.63) is 24.4 Å². The number of nitrogens with one attached hydrogen (secondary N) is 1. The number of hydrazine groups is 1. The predicted molar refractivity (Wildman–Crippen MR) is 51.8 cm³/mol. The van der Waals surface area contributed by atoms with E-state index in [1.807, 2.05) is 0 Å². The van der Waals surface area contributed by atoms with E-state index < -0.39 is 0 Å². The largest absolute Gasteiger partial charge is 0.399 e. The van der Waals surface area contributed by atoms with Gasteiger partial charge in [-0.05, 0) is 18.2 Å². The van der Waals surface area contributed by atoms with Crippen LogP contribution >= 0.6 is 0 Å². The average molecular weight is 175 g/mol. The van der Waals surface area contributed by atoms with Gasteiger partial charge in [0.15, 0.2) is 0 Å². The smallest absolute Gasteiger partial charge is 0.0952 e. The monoisotopic (exact) mass is 175 g/mol. The molecule has 1 heterocycles. The van der Waals surface area contributed by atoms with Gasteiger partial charge < -0.3 is 11.2 Å². The number of rotatable bonds is 1. The minimum atomic E-state index is 0.678. The van der Waals surface area contributed by atoms with E-state index in [0.29, 0.717) is 5.69 Å². The van der Waals surface area contributed by atoms with Crippen LogP contribution in [0.4, 0.5) is 11.4 Å². The molecule has 5 nitrogen and oxygen atoms in total. The molecule has 0 fully saturated rings. The fourth-order valence-electron chi connectivity index (χ4n) is 1.19. The summed E-state index contributed by atoms with van der Waals surface area (Å²) < 4.78 is 0. The summed E-state index contributed by atoms with van der Waals surface area (Å²) in [6, 6.07) is 5.38. The third kappa shape index (κ3) is 1.25. The van der Waals surface area contributed by atoms with E-state index in [4.69, 9.17) is 11.6 Å². The zero-order valence-corrected chi connectivity index (χ0v) is 6.86. The van der Waals surface area contributed by atoms with Crippen LogP contribution in [-0.4, -0.2) is 10.2 Å². The number of nitrogens with two attached hydrogens (primary N) is 2. The lowest BCUT2D eigenvalue weighted by atomic mass is 10.2. The van der Waals surface area contributed by atoms with Crippen molar-refractivity contribution >= 4 is 22.3 Å². The van der Waals surface area contributed by atoms with Crippen molar-refractivity contribution in [2.24, 2.45) is 5.84 Å². The van der Waals surface area contributed by atoms with E-state index >= 15 is 0 Å². The van der Waals surface area contributed by atoms with E-state index in [1.54, 1.807) is 24.4 Å². The highest BCUT2D eigenvalue weighted by Gasteiger charge is 2.00. The van der Waals surface area contributed by atoms with Gasteiger partial charge in [0, 0.05) is 11.1 Å². The van der Waals surface area contributed by atoms with Gasteiger partial charge >= 0.3 is 0 Å². The standard InChI is InChI=1S/C8H9N5/c9-5-1-2-7-6(3-5)8(12-10)4-11-13-7/h1-4H,9-10H2,(H,12,13). The first-order valence-corrected chi connectivity index (χ1v) is 3.79. The number of benzene rings is 1. The highest BCUT2D eigenvalue weighted by atomic mass is 15.2. The van der Waals surface area contributed by atoms with Crippen LogP contribution in [0.25, 0.3) is 10.9 Å². The van der Waals surface area contributed by atoms with Gasteiger partial charge in [-0.25, -0.2) is 0 Å². The Morgan fingerprint density at radius 2 is 2.15 bits per heavy atom. The summed E-state index contributed by atoms with van der Waals surface area (Å²) in [6.45, 7) is 0. The Kier molecular flexibility index (Phi) is 1.71. The SMILES string of the molecule is NNc1cnnc2ccc(N)cc12. The molecular formula is C8H9N5. The van der Waals surface area contributed by atoms with E-state index in [-0.39, 0.29) is 0 Å². The molecule has 13 heavy (non-hydrogen) atoms. The number of aromatic nitrogens is 2. The third-order valence-electron chi connectivity index (χ3n) is 1.82. The molecule has 1 aromatic carbocycles. The fraction of sp³-hybridized carbons (Fsp3) is 0. The molecule has 0 radical (unpaired) electrons. The van der Waals surface area contributed by atoms with Crippen molar-refractivity contribution in [2.45, 2.75) is 0 Å². The molecule has 0 saturated heterocycles. The number of hydrogen-bond donors (Lipinski definition) is 3. The van der Waals surface area contributed by atoms with E-state index in [2.05, 4.69) is 15.6 Å². The summed E-state index contributed by atoms with van der Waals surface area (Å²) in [5.41, 5.74) is 10.3. The second kappa shape index (κ2) is 2.87. The molecule has 0 atom stereocenters. The van der Waals surface area contributed by atoms with Crippen LogP contribution in [0.1, 0.15) is 0 Å². The number of nitrogens with zero attached hydrogens (tertiary/aromatic N) is 2. The summed E-state index contributed by atoms with van der Waals surface area (Å²) in [7, 11) is 0. The highest BCUT2D eigenvalue weighted by molar-refractivity contribution is 5.92. The highest BCUT2D eigenvalue weighted by Crippen LogP contribution is 2.21. The predicted octanol–water partition coefficient (Wildman–Crippen LogP) is 0.498. The Hall–Kier alpha value is -1.88. The average Bonchev–Trinajstić information content (AvgIpc) is 2.17. The molecule has 5 heteroatoms. The summed E-state index contributed by atoms with van der Waals surface area (Å²) >= 11 is 0. The molecule has 1 aromatic heterocycles. The van der Waals surface area contributed by atoms with Crippen LogP contribution in [0.3, 0.4) is 0 Å². The molecule has 0 aliphatic carbocycles. The van der Waals surface area contributed by atoms with Gasteiger partial charge in [-0.2, -0.15) is 10.2 Å². The zero-order valence-electron chi connectivity index (χ0n) is 6.86. The van der Waals surface area contributed by atoms with Gasteiger partial charge in [0.25, 0.3) is 0 Å². The quantitative estimate of drug-likeness (QED) is 0.333. The Morgan fingerprint density at radius 3 is 2.92 bits per heavy atom. The molecular weight excluding hydrogens is 166 g/mol. The Balaban J connectivity index is 2.79. The van der Waals surface area contributed by atoms with E-state index in [0.717, 1.165) is 16.6 Å². The van der Waals surface area contributed by atoms with Gasteiger partial charge in [-0.15, -0.1) is 0 Å². The van der Waals surface area contributed by atoms with Crippen LogP contribution in [0, 0.1) is 0 Å². The number of anilines is 2. The number of hydrogen-bond acceptors (Lipinski definition) is 5. The molecule has 2 rings (SSSR count). The lowest BCUT2D eigenvalue weighted by Crippen LogP contribution is -2.08. The molecule has 2 aromatic rings. The first-order chi connectivity index (χ1) is 6.31. The van der Waals surface area contributed by atoms with Crippen LogP contribution in [0.5, 0.6) is 0 Å². The van der Waals surface area contributed by atoms with Gasteiger partial charge in [-0.1, -0.05) is 0 Å². The summed E-state index contributed by atoms with van der Waals surface area (Å²) in [5, 5.41) is 8.58. The topological polar surface area (TPSA) is 89.8 Å². The van der Waals surface area contributed by atoms with Crippen molar-refractivity contribution in [3.8, 4) is 0 Å². The van der Waals surface area contributed by atoms with Crippen LogP contribution < -0.4 is 17.0 Å². The number of fused-ring (bicyclic) bond motifs is 1. The molecule has 0 aliphatic rings. The van der Waals surface area contributed by atoms with Crippen molar-refractivity contribution in [1.82, 2.24) is 10.2 Å². The second-order valence-corrected chi connectivity index (χ2v) is 2.68. The lowest BCUT2D eigenvalue weighted by Gasteiger charge is -2.03. The zero-order chi connectivity index (χ0) is 9.26. The Morgan fingerprint density at radius 1 is 1.31 bits per heavy atom. The minimum Gasteiger partial charge on any atom is -0.399 e. The minimum absolute atomic E-state index is 0.678. The van der Waals surface area contributed by atoms with E-state index in [9.17, 15) is 0 Å². The van der Waals surface area contributed by atoms with Crippen molar-refractivity contribution in [2.75, 3.05) is 11.2 Å². The summed E-state index contributed by atoms with van der Waals surface area (Å²) in [6.07, 6.45) is 1.56. The fourth-order valence-corrected chi connectivity index (χ4v) is 1.19. The van der Waals surface area contributed by atoms with Crippen molar-refractivity contribution in [1.29, 1.82) is 0 Å². The molecule has 0 spiro atoms. The first-order valence-electron chi connectivity index (χ1n) is 3.79. The molecule has 66 valence electrons. The Labute approximate surface area is 74.7 Å². The summed E-state index contributed by atoms with van der Waals surface area (Å²) in [4.78, 5) is 0. The second-order valence-electron chi connectivity index (χ2n) is 2.68. The van der Waals surface area contributed by atoms with Gasteiger partial charge in [-0.3, -0.25) is 5.84 Å². The maximum absolute atomic E-state index is 5.63. The van der Waals surface area contributed by atoms with Gasteiger partial charge in [0.1, 0.15) is 0 Å². The molecule has 0 amide bonds. The third-order valence-corrected chi connectivity index (χ3v) is 1.82. The number of nitrogen functional groups attached to an aromatic ring is 2. The molecule has 5 N–H and O–H groups in total. The molecule has 0 saturated carbocycles. The lowest BCUT2D eigenvalue weighted by molar-refractivity contribution is 1.07. The first kappa shape index (κ1) is 7.75. The van der Waals surface area contributed by atoms with Gasteiger partial charge in [0.2, 0.25) is 0 Å². The Bertz CT molecular complexity index is 439. The molecule has 0 bridgehead atoms. The van der Waals surface area contributed by atoms with Crippen molar-refractivity contribution < 1.29 is 0 Å². The molecule has 0 aliphatic heterocycles. The maximum Gasteiger partial charge on any atom is 0.0952 e.